The number of rotatable bonds is 9. The zero-order valence-electron chi connectivity index (χ0n) is 15.8. The van der Waals surface area contributed by atoms with Gasteiger partial charge in [-0.05, 0) is 24.3 Å². The maximum absolute atomic E-state index is 10.4. The first-order chi connectivity index (χ1) is 13.2. The van der Waals surface area contributed by atoms with E-state index in [2.05, 4.69) is 5.32 Å². The van der Waals surface area contributed by atoms with Gasteiger partial charge in [-0.3, -0.25) is 0 Å². The van der Waals surface area contributed by atoms with E-state index in [9.17, 15) is 30.6 Å². The van der Waals surface area contributed by atoms with Crippen LogP contribution in [0.3, 0.4) is 0 Å². The standard InChI is InChI=1S/C18H29NO9/c1-10(2)19-7-11(21)9-26-12-3-5-13(6-4-12)27-18(25)17(24)16(23)15(22)14(8-20)28-18/h3-6,10-11,14-17,19-25H,7-9H2,1-2H3/t11?,14-,15-,16+,17-,18+/m1/s1. The SMILES string of the molecule is CC(C)NCC(O)COc1ccc(O[C@]2(O)O[C@H](CO)[C@@H](O)[C@H](O)[C@H]2O)cc1. The van der Waals surface area contributed by atoms with Crippen molar-refractivity contribution in [1.82, 2.24) is 5.32 Å². The van der Waals surface area contributed by atoms with Gasteiger partial charge in [0.2, 0.25) is 0 Å². The minimum Gasteiger partial charge on any atom is -0.491 e. The molecule has 0 bridgehead atoms. The van der Waals surface area contributed by atoms with Crippen molar-refractivity contribution in [3.8, 4) is 11.5 Å². The summed E-state index contributed by atoms with van der Waals surface area (Å²) in [4.78, 5) is 0. The van der Waals surface area contributed by atoms with Crippen LogP contribution in [0.5, 0.6) is 11.5 Å². The van der Waals surface area contributed by atoms with Crippen molar-refractivity contribution in [3.63, 3.8) is 0 Å². The van der Waals surface area contributed by atoms with E-state index in [0.29, 0.717) is 12.3 Å². The van der Waals surface area contributed by atoms with Crippen LogP contribution in [-0.4, -0.2) is 92.9 Å². The van der Waals surface area contributed by atoms with Gasteiger partial charge >= 0.3 is 5.97 Å². The van der Waals surface area contributed by atoms with Gasteiger partial charge in [0, 0.05) is 12.6 Å². The van der Waals surface area contributed by atoms with Crippen LogP contribution in [0.25, 0.3) is 0 Å². The monoisotopic (exact) mass is 403 g/mol. The summed E-state index contributed by atoms with van der Waals surface area (Å²) in [5, 5.41) is 62.0. The molecule has 2 rings (SSSR count). The topological polar surface area (TPSA) is 161 Å². The highest BCUT2D eigenvalue weighted by Gasteiger charge is 2.55. The molecule has 10 heteroatoms. The minimum absolute atomic E-state index is 0.0773. The van der Waals surface area contributed by atoms with Crippen LogP contribution in [0.15, 0.2) is 24.3 Å². The van der Waals surface area contributed by atoms with Gasteiger partial charge in [-0.2, -0.15) is 0 Å². The molecule has 0 amide bonds. The Kier molecular flexibility index (Phi) is 7.98. The first-order valence-electron chi connectivity index (χ1n) is 9.05. The average Bonchev–Trinajstić information content (AvgIpc) is 2.67. The van der Waals surface area contributed by atoms with E-state index in [4.69, 9.17) is 14.2 Å². The molecule has 1 heterocycles. The van der Waals surface area contributed by atoms with Crippen molar-refractivity contribution >= 4 is 0 Å². The summed E-state index contributed by atoms with van der Waals surface area (Å²) < 4.78 is 15.7. The molecule has 1 fully saturated rings. The summed E-state index contributed by atoms with van der Waals surface area (Å²) in [5.41, 5.74) is 0. The molecule has 10 nitrogen and oxygen atoms in total. The fourth-order valence-corrected chi connectivity index (χ4v) is 2.60. The zero-order valence-corrected chi connectivity index (χ0v) is 15.8. The van der Waals surface area contributed by atoms with Crippen LogP contribution in [-0.2, 0) is 4.74 Å². The normalized spacial score (nSPS) is 31.6. The van der Waals surface area contributed by atoms with E-state index in [-0.39, 0.29) is 18.4 Å². The van der Waals surface area contributed by atoms with E-state index in [1.54, 1.807) is 0 Å². The van der Waals surface area contributed by atoms with Gasteiger partial charge in [0.15, 0.2) is 6.10 Å². The maximum atomic E-state index is 10.4. The lowest BCUT2D eigenvalue weighted by Crippen LogP contribution is -2.67. The van der Waals surface area contributed by atoms with Crippen LogP contribution in [0.4, 0.5) is 0 Å². The number of nitrogens with one attached hydrogen (secondary N) is 1. The van der Waals surface area contributed by atoms with Gasteiger partial charge < -0.3 is 50.2 Å². The molecule has 160 valence electrons. The molecule has 1 aromatic rings. The maximum Gasteiger partial charge on any atom is 0.355 e. The molecule has 1 aliphatic heterocycles. The first kappa shape index (κ1) is 22.8. The summed E-state index contributed by atoms with van der Waals surface area (Å²) in [6, 6.07) is 6.14. The van der Waals surface area contributed by atoms with Gasteiger partial charge in [0.05, 0.1) is 6.61 Å². The minimum atomic E-state index is -2.66. The number of benzene rings is 1. The molecule has 0 radical (unpaired) electrons. The lowest BCUT2D eigenvalue weighted by molar-refractivity contribution is -0.422. The molecule has 28 heavy (non-hydrogen) atoms. The van der Waals surface area contributed by atoms with Crippen molar-refractivity contribution in [3.05, 3.63) is 24.3 Å². The Bertz CT molecular complexity index is 597. The number of aliphatic hydroxyl groups is 6. The molecule has 1 aliphatic rings. The van der Waals surface area contributed by atoms with Crippen LogP contribution in [0.1, 0.15) is 13.8 Å². The van der Waals surface area contributed by atoms with E-state index in [1.165, 1.54) is 24.3 Å². The van der Waals surface area contributed by atoms with Crippen molar-refractivity contribution in [2.75, 3.05) is 19.8 Å². The van der Waals surface area contributed by atoms with Crippen molar-refractivity contribution in [2.24, 2.45) is 0 Å². The fourth-order valence-electron chi connectivity index (χ4n) is 2.60. The highest BCUT2D eigenvalue weighted by Crippen LogP contribution is 2.31. The Morgan fingerprint density at radius 3 is 2.29 bits per heavy atom. The van der Waals surface area contributed by atoms with E-state index < -0.39 is 43.1 Å². The predicted molar refractivity (Wildman–Crippen MR) is 96.6 cm³/mol. The van der Waals surface area contributed by atoms with Crippen molar-refractivity contribution in [2.45, 2.75) is 56.4 Å². The smallest absolute Gasteiger partial charge is 0.355 e. The summed E-state index contributed by atoms with van der Waals surface area (Å²) >= 11 is 0. The summed E-state index contributed by atoms with van der Waals surface area (Å²) in [7, 11) is 0. The third kappa shape index (κ3) is 5.75. The Hall–Kier alpha value is -1.50. The average molecular weight is 403 g/mol. The van der Waals surface area contributed by atoms with Gasteiger partial charge in [0.25, 0.3) is 0 Å². The zero-order chi connectivity index (χ0) is 20.9. The van der Waals surface area contributed by atoms with Gasteiger partial charge in [-0.1, -0.05) is 13.8 Å². The number of aliphatic hydroxyl groups excluding tert-OH is 5. The molecule has 1 saturated heterocycles. The lowest BCUT2D eigenvalue weighted by Gasteiger charge is -2.44. The van der Waals surface area contributed by atoms with E-state index in [1.807, 2.05) is 13.8 Å². The van der Waals surface area contributed by atoms with Crippen LogP contribution in [0.2, 0.25) is 0 Å². The van der Waals surface area contributed by atoms with Gasteiger partial charge in [0.1, 0.15) is 42.5 Å². The molecular weight excluding hydrogens is 374 g/mol. The first-order valence-corrected chi connectivity index (χ1v) is 9.05. The second-order valence-corrected chi connectivity index (χ2v) is 7.00. The second-order valence-electron chi connectivity index (χ2n) is 7.00. The van der Waals surface area contributed by atoms with Crippen molar-refractivity contribution < 1.29 is 44.8 Å². The third-order valence-electron chi connectivity index (χ3n) is 4.22. The molecule has 0 aliphatic carbocycles. The Morgan fingerprint density at radius 2 is 1.71 bits per heavy atom. The highest BCUT2D eigenvalue weighted by atomic mass is 16.8. The summed E-state index contributed by atoms with van der Waals surface area (Å²) in [6.07, 6.45) is -7.36. The molecule has 0 aromatic heterocycles. The molecule has 6 atom stereocenters. The fraction of sp³-hybridized carbons (Fsp3) is 0.667. The van der Waals surface area contributed by atoms with Crippen molar-refractivity contribution in [1.29, 1.82) is 0 Å². The second kappa shape index (κ2) is 9.81. The molecule has 7 N–H and O–H groups in total. The van der Waals surface area contributed by atoms with Crippen LogP contribution in [0, 0.1) is 0 Å². The quantitative estimate of drug-likeness (QED) is 0.228. The lowest BCUT2D eigenvalue weighted by atomic mass is 9.98. The Balaban J connectivity index is 1.94. The predicted octanol–water partition coefficient (Wildman–Crippen LogP) is -2.08. The third-order valence-corrected chi connectivity index (χ3v) is 4.22. The molecule has 0 saturated carbocycles. The molecular formula is C18H29NO9. The molecule has 1 aromatic carbocycles. The van der Waals surface area contributed by atoms with Gasteiger partial charge in [-0.25, -0.2) is 0 Å². The van der Waals surface area contributed by atoms with Gasteiger partial charge in [-0.15, -0.1) is 0 Å². The summed E-state index contributed by atoms with van der Waals surface area (Å²) in [5.74, 6) is -2.14. The van der Waals surface area contributed by atoms with E-state index in [0.717, 1.165) is 0 Å². The molecule has 1 unspecified atom stereocenters. The summed E-state index contributed by atoms with van der Waals surface area (Å²) in [6.45, 7) is 3.71. The van der Waals surface area contributed by atoms with E-state index >= 15 is 0 Å². The van der Waals surface area contributed by atoms with Crippen LogP contribution < -0.4 is 14.8 Å². The Labute approximate surface area is 162 Å². The Morgan fingerprint density at radius 1 is 1.11 bits per heavy atom. The number of hydrogen-bond donors (Lipinski definition) is 7. The number of hydrogen-bond acceptors (Lipinski definition) is 10. The molecule has 0 spiro atoms. The largest absolute Gasteiger partial charge is 0.491 e. The highest BCUT2D eigenvalue weighted by molar-refractivity contribution is 5.31. The van der Waals surface area contributed by atoms with Crippen LogP contribution >= 0.6 is 0 Å². The number of ether oxygens (including phenoxy) is 3.